The zero-order valence-corrected chi connectivity index (χ0v) is 15.2. The SMILES string of the molecule is N#Cc1c(N)[nH]c(=O)c(C#N)c1-c1ccc(N2CCC3(CC2)OCCO3)cc1. The molecular weight excluding hydrogens is 358 g/mol. The molecule has 2 aliphatic heterocycles. The van der Waals surface area contributed by atoms with Gasteiger partial charge in [0, 0.05) is 37.2 Å². The molecule has 0 aliphatic carbocycles. The Morgan fingerprint density at radius 3 is 2.21 bits per heavy atom. The summed E-state index contributed by atoms with van der Waals surface area (Å²) in [7, 11) is 0. The van der Waals surface area contributed by atoms with E-state index in [-0.39, 0.29) is 22.5 Å². The van der Waals surface area contributed by atoms with Crippen molar-refractivity contribution in [2.24, 2.45) is 0 Å². The van der Waals surface area contributed by atoms with Crippen molar-refractivity contribution >= 4 is 11.5 Å². The number of pyridine rings is 1. The quantitative estimate of drug-likeness (QED) is 0.815. The van der Waals surface area contributed by atoms with Gasteiger partial charge >= 0.3 is 0 Å². The van der Waals surface area contributed by atoms with E-state index in [0.29, 0.717) is 18.8 Å². The van der Waals surface area contributed by atoms with Crippen molar-refractivity contribution in [3.05, 3.63) is 45.7 Å². The molecule has 2 saturated heterocycles. The van der Waals surface area contributed by atoms with Crippen LogP contribution in [0, 0.1) is 22.7 Å². The van der Waals surface area contributed by atoms with Crippen LogP contribution in [0.5, 0.6) is 0 Å². The van der Waals surface area contributed by atoms with E-state index in [9.17, 15) is 15.3 Å². The lowest BCUT2D eigenvalue weighted by molar-refractivity contribution is -0.169. The van der Waals surface area contributed by atoms with Crippen molar-refractivity contribution in [1.82, 2.24) is 4.98 Å². The monoisotopic (exact) mass is 377 g/mol. The van der Waals surface area contributed by atoms with Crippen molar-refractivity contribution < 1.29 is 9.47 Å². The van der Waals surface area contributed by atoms with E-state index < -0.39 is 11.3 Å². The van der Waals surface area contributed by atoms with E-state index in [4.69, 9.17) is 15.2 Å². The van der Waals surface area contributed by atoms with Gasteiger partial charge in [-0.1, -0.05) is 12.1 Å². The molecule has 3 N–H and O–H groups in total. The molecule has 28 heavy (non-hydrogen) atoms. The number of ether oxygens (including phenoxy) is 2. The van der Waals surface area contributed by atoms with Crippen molar-refractivity contribution in [3.63, 3.8) is 0 Å². The van der Waals surface area contributed by atoms with Crippen LogP contribution in [0.25, 0.3) is 11.1 Å². The molecule has 2 aromatic rings. The van der Waals surface area contributed by atoms with E-state index in [1.54, 1.807) is 12.1 Å². The van der Waals surface area contributed by atoms with E-state index in [0.717, 1.165) is 31.6 Å². The lowest BCUT2D eigenvalue weighted by atomic mass is 9.96. The number of aromatic nitrogens is 1. The number of nitrogen functional groups attached to an aromatic ring is 1. The number of nitrogens with zero attached hydrogens (tertiary/aromatic N) is 3. The van der Waals surface area contributed by atoms with Gasteiger partial charge in [0.1, 0.15) is 29.1 Å². The Balaban J connectivity index is 1.62. The number of benzene rings is 1. The fraction of sp³-hybridized carbons (Fsp3) is 0.350. The third-order valence-corrected chi connectivity index (χ3v) is 5.33. The second-order valence-electron chi connectivity index (χ2n) is 6.86. The topological polar surface area (TPSA) is 128 Å². The van der Waals surface area contributed by atoms with Crippen molar-refractivity contribution in [1.29, 1.82) is 10.5 Å². The average molecular weight is 377 g/mol. The first-order chi connectivity index (χ1) is 13.6. The lowest BCUT2D eigenvalue weighted by Crippen LogP contribution is -2.45. The summed E-state index contributed by atoms with van der Waals surface area (Å²) in [5, 5.41) is 18.8. The number of nitrogens with two attached hydrogens (primary N) is 1. The maximum atomic E-state index is 12.1. The number of hydrogen-bond acceptors (Lipinski definition) is 7. The summed E-state index contributed by atoms with van der Waals surface area (Å²) in [6.45, 7) is 2.92. The number of H-pyrrole nitrogens is 1. The minimum absolute atomic E-state index is 0.0385. The van der Waals surface area contributed by atoms with Crippen molar-refractivity contribution in [3.8, 4) is 23.3 Å². The first kappa shape index (κ1) is 18.1. The maximum absolute atomic E-state index is 12.1. The number of aromatic amines is 1. The highest BCUT2D eigenvalue weighted by Gasteiger charge is 2.39. The number of rotatable bonds is 2. The molecule has 0 radical (unpaired) electrons. The molecule has 1 aromatic carbocycles. The summed E-state index contributed by atoms with van der Waals surface area (Å²) >= 11 is 0. The number of nitriles is 2. The van der Waals surface area contributed by atoms with Gasteiger partial charge in [-0.3, -0.25) is 4.79 Å². The lowest BCUT2D eigenvalue weighted by Gasteiger charge is -2.38. The molecule has 142 valence electrons. The minimum Gasteiger partial charge on any atom is -0.384 e. The third-order valence-electron chi connectivity index (χ3n) is 5.33. The van der Waals surface area contributed by atoms with Crippen LogP contribution < -0.4 is 16.2 Å². The van der Waals surface area contributed by atoms with Crippen molar-refractivity contribution in [2.75, 3.05) is 36.9 Å². The number of piperidine rings is 1. The van der Waals surface area contributed by atoms with Gasteiger partial charge in [0.15, 0.2) is 5.79 Å². The third kappa shape index (κ3) is 2.99. The largest absolute Gasteiger partial charge is 0.384 e. The highest BCUT2D eigenvalue weighted by molar-refractivity contribution is 5.80. The Labute approximate surface area is 161 Å². The predicted molar refractivity (Wildman–Crippen MR) is 102 cm³/mol. The number of hydrogen-bond donors (Lipinski definition) is 2. The van der Waals surface area contributed by atoms with Gasteiger partial charge in [0.25, 0.3) is 5.56 Å². The number of nitrogens with one attached hydrogen (secondary N) is 1. The summed E-state index contributed by atoms with van der Waals surface area (Å²) in [6, 6.07) is 11.3. The van der Waals surface area contributed by atoms with Gasteiger partial charge in [-0.2, -0.15) is 10.5 Å². The highest BCUT2D eigenvalue weighted by atomic mass is 16.7. The Morgan fingerprint density at radius 1 is 1.04 bits per heavy atom. The van der Waals surface area contributed by atoms with Gasteiger partial charge < -0.3 is 25.1 Å². The molecule has 4 rings (SSSR count). The Morgan fingerprint density at radius 2 is 1.64 bits per heavy atom. The summed E-state index contributed by atoms with van der Waals surface area (Å²) in [6.07, 6.45) is 1.60. The Bertz CT molecular complexity index is 1030. The van der Waals surface area contributed by atoms with Crippen LogP contribution in [0.3, 0.4) is 0 Å². The van der Waals surface area contributed by atoms with Crippen LogP contribution >= 0.6 is 0 Å². The van der Waals surface area contributed by atoms with Gasteiger partial charge in [-0.15, -0.1) is 0 Å². The van der Waals surface area contributed by atoms with Crippen LogP contribution in [0.15, 0.2) is 29.1 Å². The zero-order valence-electron chi connectivity index (χ0n) is 15.2. The smallest absolute Gasteiger partial charge is 0.268 e. The molecule has 1 spiro atoms. The molecule has 1 aromatic heterocycles. The average Bonchev–Trinajstić information content (AvgIpc) is 3.16. The van der Waals surface area contributed by atoms with E-state index in [1.165, 1.54) is 0 Å². The molecule has 0 saturated carbocycles. The maximum Gasteiger partial charge on any atom is 0.268 e. The van der Waals surface area contributed by atoms with Crippen LogP contribution in [0.1, 0.15) is 24.0 Å². The molecule has 0 bridgehead atoms. The Kier molecular flexibility index (Phi) is 4.52. The molecule has 2 aliphatic rings. The molecule has 8 nitrogen and oxygen atoms in total. The highest BCUT2D eigenvalue weighted by Crippen LogP contribution is 2.34. The van der Waals surface area contributed by atoms with E-state index >= 15 is 0 Å². The second-order valence-corrected chi connectivity index (χ2v) is 6.86. The summed E-state index contributed by atoms with van der Waals surface area (Å²) < 4.78 is 11.5. The summed E-state index contributed by atoms with van der Waals surface area (Å²) in [5.74, 6) is -0.467. The van der Waals surface area contributed by atoms with Gasteiger partial charge in [-0.25, -0.2) is 0 Å². The predicted octanol–water partition coefficient (Wildman–Crippen LogP) is 1.71. The van der Waals surface area contributed by atoms with Crippen LogP contribution in [0.2, 0.25) is 0 Å². The normalized spacial score (nSPS) is 18.0. The van der Waals surface area contributed by atoms with Gasteiger partial charge in [0.2, 0.25) is 0 Å². The standard InChI is InChI=1S/C20H19N5O3/c21-11-15-17(16(12-22)19(26)24-18(15)23)13-1-3-14(4-2-13)25-7-5-20(6-8-25)27-9-10-28-20/h1-4H,5-10H2,(H3,23,24,26). The number of anilines is 2. The van der Waals surface area contributed by atoms with E-state index in [1.807, 2.05) is 24.3 Å². The van der Waals surface area contributed by atoms with E-state index in [2.05, 4.69) is 9.88 Å². The van der Waals surface area contributed by atoms with Gasteiger partial charge in [0.05, 0.1) is 13.2 Å². The molecule has 0 unspecified atom stereocenters. The fourth-order valence-electron chi connectivity index (χ4n) is 3.86. The van der Waals surface area contributed by atoms with Crippen LogP contribution in [-0.2, 0) is 9.47 Å². The first-order valence-electron chi connectivity index (χ1n) is 9.06. The van der Waals surface area contributed by atoms with Crippen molar-refractivity contribution in [2.45, 2.75) is 18.6 Å². The van der Waals surface area contributed by atoms with Crippen LogP contribution in [0.4, 0.5) is 11.5 Å². The first-order valence-corrected chi connectivity index (χ1v) is 9.06. The fourth-order valence-corrected chi connectivity index (χ4v) is 3.86. The zero-order chi connectivity index (χ0) is 19.7. The Hall–Kier alpha value is -3.33. The second kappa shape index (κ2) is 7.01. The molecule has 8 heteroatoms. The summed E-state index contributed by atoms with van der Waals surface area (Å²) in [4.78, 5) is 16.7. The molecular formula is C20H19N5O3. The molecule has 0 amide bonds. The van der Waals surface area contributed by atoms with Gasteiger partial charge in [-0.05, 0) is 17.7 Å². The minimum atomic E-state index is -0.601. The molecule has 2 fully saturated rings. The van der Waals surface area contributed by atoms with Crippen LogP contribution in [-0.4, -0.2) is 37.1 Å². The molecule has 0 atom stereocenters. The molecule has 3 heterocycles. The summed E-state index contributed by atoms with van der Waals surface area (Å²) in [5.41, 5.74) is 7.05.